The van der Waals surface area contributed by atoms with Crippen LogP contribution in [0.5, 0.6) is 0 Å². The van der Waals surface area contributed by atoms with Crippen molar-refractivity contribution < 1.29 is 14.6 Å². The summed E-state index contributed by atoms with van der Waals surface area (Å²) in [7, 11) is 1.64. The highest BCUT2D eigenvalue weighted by Gasteiger charge is 2.21. The Morgan fingerprint density at radius 3 is 2.55 bits per heavy atom. The van der Waals surface area contributed by atoms with Gasteiger partial charge in [-0.25, -0.2) is 4.79 Å². The second-order valence-corrected chi connectivity index (χ2v) is 5.06. The summed E-state index contributed by atoms with van der Waals surface area (Å²) < 4.78 is 5.14. The topological polar surface area (TPSA) is 49.8 Å². The summed E-state index contributed by atoms with van der Waals surface area (Å²) in [5.41, 5.74) is 0.938. The van der Waals surface area contributed by atoms with Gasteiger partial charge in [0, 0.05) is 24.7 Å². The molecule has 112 valence electrons. The van der Waals surface area contributed by atoms with Crippen LogP contribution in [0.15, 0.2) is 18.2 Å². The van der Waals surface area contributed by atoms with Gasteiger partial charge in [-0.2, -0.15) is 0 Å². The van der Waals surface area contributed by atoms with Gasteiger partial charge >= 0.3 is 5.97 Å². The minimum absolute atomic E-state index is 0.237. The molecule has 0 aliphatic heterocycles. The van der Waals surface area contributed by atoms with Crippen LogP contribution in [0.4, 0.5) is 5.69 Å². The van der Waals surface area contributed by atoms with Crippen LogP contribution in [-0.4, -0.2) is 37.4 Å². The lowest BCUT2D eigenvalue weighted by Gasteiger charge is -2.33. The van der Waals surface area contributed by atoms with Crippen molar-refractivity contribution in [2.45, 2.75) is 32.7 Å². The number of hydrogen-bond donors (Lipinski definition) is 1. The van der Waals surface area contributed by atoms with Gasteiger partial charge in [-0.1, -0.05) is 25.4 Å². The fourth-order valence-electron chi connectivity index (χ4n) is 2.35. The zero-order chi connectivity index (χ0) is 15.1. The van der Waals surface area contributed by atoms with Gasteiger partial charge in [-0.05, 0) is 31.0 Å². The van der Waals surface area contributed by atoms with Crippen LogP contribution in [0.3, 0.4) is 0 Å². The Morgan fingerprint density at radius 1 is 1.40 bits per heavy atom. The molecule has 0 radical (unpaired) electrons. The standard InChI is InChI=1S/C15H22ClNO3/c1-4-12(5-2)17(8-9-20-3)14-7-6-11(16)10-13(14)15(18)19/h6-7,10,12H,4-5,8-9H2,1-3H3,(H,18,19). The lowest BCUT2D eigenvalue weighted by molar-refractivity contribution is 0.0697. The van der Waals surface area contributed by atoms with Crippen molar-refractivity contribution in [1.82, 2.24) is 0 Å². The van der Waals surface area contributed by atoms with E-state index in [4.69, 9.17) is 16.3 Å². The van der Waals surface area contributed by atoms with Crippen LogP contribution in [0.2, 0.25) is 5.02 Å². The number of carbonyl (C=O) groups is 1. The number of ether oxygens (including phenoxy) is 1. The van der Waals surface area contributed by atoms with E-state index in [1.165, 1.54) is 6.07 Å². The smallest absolute Gasteiger partial charge is 0.337 e. The van der Waals surface area contributed by atoms with Crippen LogP contribution in [0.25, 0.3) is 0 Å². The largest absolute Gasteiger partial charge is 0.478 e. The van der Waals surface area contributed by atoms with Gasteiger partial charge in [0.15, 0.2) is 0 Å². The van der Waals surface area contributed by atoms with Gasteiger partial charge in [0.1, 0.15) is 0 Å². The van der Waals surface area contributed by atoms with Crippen molar-refractivity contribution in [3.05, 3.63) is 28.8 Å². The second kappa shape index (κ2) is 8.12. The maximum absolute atomic E-state index is 11.4. The molecule has 4 nitrogen and oxygen atoms in total. The third kappa shape index (κ3) is 4.12. The number of carboxylic acids is 1. The highest BCUT2D eigenvalue weighted by molar-refractivity contribution is 6.31. The molecule has 0 bridgehead atoms. The van der Waals surface area contributed by atoms with E-state index in [9.17, 15) is 9.90 Å². The zero-order valence-corrected chi connectivity index (χ0v) is 13.0. The number of anilines is 1. The third-order valence-electron chi connectivity index (χ3n) is 3.42. The summed E-state index contributed by atoms with van der Waals surface area (Å²) in [6.45, 7) is 5.41. The number of nitrogens with zero attached hydrogens (tertiary/aromatic N) is 1. The minimum Gasteiger partial charge on any atom is -0.478 e. The van der Waals surface area contributed by atoms with E-state index in [-0.39, 0.29) is 11.6 Å². The predicted octanol–water partition coefficient (Wildman–Crippen LogP) is 3.68. The molecule has 0 atom stereocenters. The normalized spacial score (nSPS) is 10.8. The highest BCUT2D eigenvalue weighted by Crippen LogP contribution is 2.27. The number of methoxy groups -OCH3 is 1. The fraction of sp³-hybridized carbons (Fsp3) is 0.533. The molecular weight excluding hydrogens is 278 g/mol. The minimum atomic E-state index is -0.962. The first-order chi connectivity index (χ1) is 9.54. The summed E-state index contributed by atoms with van der Waals surface area (Å²) in [5.74, 6) is -0.962. The Morgan fingerprint density at radius 2 is 2.05 bits per heavy atom. The SMILES string of the molecule is CCC(CC)N(CCOC)c1ccc(Cl)cc1C(=O)O. The Hall–Kier alpha value is -1.26. The maximum Gasteiger partial charge on any atom is 0.337 e. The molecule has 0 aliphatic rings. The molecule has 0 aliphatic carbocycles. The Bertz CT molecular complexity index is 447. The van der Waals surface area contributed by atoms with Gasteiger partial charge in [-0.15, -0.1) is 0 Å². The Labute approximate surface area is 125 Å². The summed E-state index contributed by atoms with van der Waals surface area (Å²) in [6, 6.07) is 5.29. The van der Waals surface area contributed by atoms with Gasteiger partial charge in [0.2, 0.25) is 0 Å². The molecule has 0 amide bonds. The molecule has 5 heteroatoms. The Balaban J connectivity index is 3.21. The maximum atomic E-state index is 11.4. The van der Waals surface area contributed by atoms with Gasteiger partial charge < -0.3 is 14.7 Å². The number of halogens is 1. The number of aromatic carboxylic acids is 1. The molecule has 0 saturated heterocycles. The van der Waals surface area contributed by atoms with Crippen LogP contribution >= 0.6 is 11.6 Å². The molecule has 0 heterocycles. The summed E-state index contributed by atoms with van der Waals surface area (Å²) in [6.07, 6.45) is 1.89. The van der Waals surface area contributed by atoms with Gasteiger partial charge in [-0.3, -0.25) is 0 Å². The molecular formula is C15H22ClNO3. The quantitative estimate of drug-likeness (QED) is 0.795. The van der Waals surface area contributed by atoms with E-state index in [1.807, 2.05) is 0 Å². The first-order valence-electron chi connectivity index (χ1n) is 6.83. The molecule has 0 saturated carbocycles. The van der Waals surface area contributed by atoms with Crippen molar-refractivity contribution in [3.63, 3.8) is 0 Å². The molecule has 1 N–H and O–H groups in total. The van der Waals surface area contributed by atoms with Crippen molar-refractivity contribution in [2.24, 2.45) is 0 Å². The first-order valence-corrected chi connectivity index (χ1v) is 7.21. The monoisotopic (exact) mass is 299 g/mol. The van der Waals surface area contributed by atoms with Crippen LogP contribution in [-0.2, 0) is 4.74 Å². The van der Waals surface area contributed by atoms with Gasteiger partial charge in [0.05, 0.1) is 17.9 Å². The van der Waals surface area contributed by atoms with Crippen molar-refractivity contribution in [2.75, 3.05) is 25.2 Å². The molecule has 1 rings (SSSR count). The van der Waals surface area contributed by atoms with Crippen LogP contribution in [0.1, 0.15) is 37.0 Å². The van der Waals surface area contributed by atoms with E-state index >= 15 is 0 Å². The summed E-state index contributed by atoms with van der Waals surface area (Å²) in [4.78, 5) is 13.5. The number of hydrogen-bond acceptors (Lipinski definition) is 3. The zero-order valence-electron chi connectivity index (χ0n) is 12.2. The molecule has 0 spiro atoms. The highest BCUT2D eigenvalue weighted by atomic mass is 35.5. The average Bonchev–Trinajstić information content (AvgIpc) is 2.43. The van der Waals surface area contributed by atoms with Gasteiger partial charge in [0.25, 0.3) is 0 Å². The van der Waals surface area contributed by atoms with E-state index in [0.29, 0.717) is 23.9 Å². The van der Waals surface area contributed by atoms with E-state index in [1.54, 1.807) is 19.2 Å². The molecule has 20 heavy (non-hydrogen) atoms. The number of rotatable bonds is 8. The summed E-state index contributed by atoms with van der Waals surface area (Å²) in [5, 5.41) is 9.81. The molecule has 0 unspecified atom stereocenters. The van der Waals surface area contributed by atoms with E-state index in [0.717, 1.165) is 12.8 Å². The van der Waals surface area contributed by atoms with E-state index in [2.05, 4.69) is 18.7 Å². The molecule has 0 aromatic heterocycles. The van der Waals surface area contributed by atoms with Crippen molar-refractivity contribution >= 4 is 23.3 Å². The molecule has 1 aromatic rings. The first kappa shape index (κ1) is 16.8. The fourth-order valence-corrected chi connectivity index (χ4v) is 2.52. The third-order valence-corrected chi connectivity index (χ3v) is 3.65. The van der Waals surface area contributed by atoms with Crippen LogP contribution < -0.4 is 4.90 Å². The average molecular weight is 300 g/mol. The summed E-state index contributed by atoms with van der Waals surface area (Å²) >= 11 is 5.91. The lowest BCUT2D eigenvalue weighted by Crippen LogP contribution is -2.38. The number of carboxylic acid groups (broad SMARTS) is 1. The lowest BCUT2D eigenvalue weighted by atomic mass is 10.1. The van der Waals surface area contributed by atoms with Crippen molar-refractivity contribution in [3.8, 4) is 0 Å². The molecule has 1 aromatic carbocycles. The predicted molar refractivity (Wildman–Crippen MR) is 82.0 cm³/mol. The second-order valence-electron chi connectivity index (χ2n) is 4.62. The van der Waals surface area contributed by atoms with E-state index < -0.39 is 5.97 Å². The molecule has 0 fully saturated rings. The van der Waals surface area contributed by atoms with Crippen LogP contribution in [0, 0.1) is 0 Å². The Kier molecular flexibility index (Phi) is 6.82. The van der Waals surface area contributed by atoms with Crippen molar-refractivity contribution in [1.29, 1.82) is 0 Å². The number of benzene rings is 1.